The van der Waals surface area contributed by atoms with E-state index >= 15 is 0 Å². The van der Waals surface area contributed by atoms with E-state index in [4.69, 9.17) is 31.5 Å². The molecule has 0 aromatic heterocycles. The molecule has 1 amide bonds. The maximum atomic E-state index is 13.5. The van der Waals surface area contributed by atoms with Gasteiger partial charge in [-0.05, 0) is 54.5 Å². The minimum Gasteiger partial charge on any atom is -0.495 e. The number of nitrogens with one attached hydrogen (secondary N) is 1. The highest BCUT2D eigenvalue weighted by Crippen LogP contribution is 2.46. The molecule has 4 atom stereocenters. The third kappa shape index (κ3) is 11.6. The Kier molecular flexibility index (Phi) is 14.0. The first-order valence-electron chi connectivity index (χ1n) is 15.7. The number of hydrogen-bond donors (Lipinski definition) is 3. The summed E-state index contributed by atoms with van der Waals surface area (Å²) in [5, 5.41) is 12.6. The number of carbonyl (C=O) groups excluding carboxylic acids is 3. The molecule has 11 heteroatoms. The van der Waals surface area contributed by atoms with Crippen LogP contribution in [0.2, 0.25) is 5.02 Å². The molecule has 0 radical (unpaired) electrons. The molecule has 1 saturated carbocycles. The number of hydrogen-bond acceptors (Lipinski definition) is 8. The summed E-state index contributed by atoms with van der Waals surface area (Å²) in [6.07, 6.45) is 6.40. The van der Waals surface area contributed by atoms with E-state index in [1.807, 2.05) is 63.3 Å². The molecule has 0 spiro atoms. The molecule has 2 aromatic carbocycles. The van der Waals surface area contributed by atoms with E-state index in [0.717, 1.165) is 5.56 Å². The highest BCUT2D eigenvalue weighted by atomic mass is 35.5. The van der Waals surface area contributed by atoms with Crippen molar-refractivity contribution < 1.29 is 38.5 Å². The standard InChI is InChI=1S/C36H45ClN2O8/c1-23(2)19-31(47-35(44)36(22-38)17-18-36)34(43)46-29(24(3)13-14-25-9-6-5-7-10-25)11-8-12-32(40)39-28(33(41)42)21-26-15-16-30(45-4)27(37)20-26/h5-10,12-16,20,23-24,28-29,31H,11,17-19,21-22,38H2,1-4H3,(H,39,40)(H,41,42)/t24-,28-,29+,31+/m1/s1. The maximum absolute atomic E-state index is 13.5. The molecule has 3 rings (SSSR count). The number of aliphatic carboxylic acids is 1. The van der Waals surface area contributed by atoms with Crippen molar-refractivity contribution in [2.75, 3.05) is 13.7 Å². The second-order valence-corrected chi connectivity index (χ2v) is 12.7. The van der Waals surface area contributed by atoms with Crippen molar-refractivity contribution in [1.82, 2.24) is 5.32 Å². The number of rotatable bonds is 18. The molecule has 1 aliphatic rings. The average molecular weight is 669 g/mol. The van der Waals surface area contributed by atoms with Crippen molar-refractivity contribution in [3.63, 3.8) is 0 Å². The number of ether oxygens (including phenoxy) is 3. The van der Waals surface area contributed by atoms with E-state index in [1.54, 1.807) is 18.2 Å². The van der Waals surface area contributed by atoms with Crippen molar-refractivity contribution >= 4 is 41.5 Å². The Labute approximate surface area is 281 Å². The zero-order valence-electron chi connectivity index (χ0n) is 27.3. The topological polar surface area (TPSA) is 154 Å². The summed E-state index contributed by atoms with van der Waals surface area (Å²) in [6.45, 7) is 5.87. The number of carboxylic acids is 1. The molecule has 4 N–H and O–H groups in total. The van der Waals surface area contributed by atoms with Gasteiger partial charge in [0.25, 0.3) is 0 Å². The molecule has 1 fully saturated rings. The fraction of sp³-hybridized carbons (Fsp3) is 0.444. The molecule has 0 saturated heterocycles. The molecule has 0 bridgehead atoms. The van der Waals surface area contributed by atoms with Crippen molar-refractivity contribution in [2.45, 2.75) is 71.1 Å². The number of esters is 2. The molecular weight excluding hydrogens is 624 g/mol. The molecule has 0 heterocycles. The molecular formula is C36H45ClN2O8. The van der Waals surface area contributed by atoms with Gasteiger partial charge in [0.05, 0.1) is 17.5 Å². The van der Waals surface area contributed by atoms with Crippen LogP contribution in [0.3, 0.4) is 0 Å². The lowest BCUT2D eigenvalue weighted by Crippen LogP contribution is -2.41. The Bertz CT molecular complexity index is 1440. The van der Waals surface area contributed by atoms with Crippen LogP contribution in [-0.4, -0.2) is 60.8 Å². The average Bonchev–Trinajstić information content (AvgIpc) is 3.84. The molecule has 1 aliphatic carbocycles. The van der Waals surface area contributed by atoms with Crippen LogP contribution in [0.4, 0.5) is 0 Å². The van der Waals surface area contributed by atoms with E-state index in [2.05, 4.69) is 5.32 Å². The van der Waals surface area contributed by atoms with Gasteiger partial charge in [-0.2, -0.15) is 0 Å². The Balaban J connectivity index is 1.73. The van der Waals surface area contributed by atoms with E-state index in [1.165, 1.54) is 19.3 Å². The van der Waals surface area contributed by atoms with Crippen molar-refractivity contribution in [2.24, 2.45) is 23.0 Å². The summed E-state index contributed by atoms with van der Waals surface area (Å²) >= 11 is 6.17. The van der Waals surface area contributed by atoms with Crippen molar-refractivity contribution in [3.05, 3.63) is 82.9 Å². The molecule has 254 valence electrons. The zero-order valence-corrected chi connectivity index (χ0v) is 28.1. The highest BCUT2D eigenvalue weighted by Gasteiger charge is 2.51. The van der Waals surface area contributed by atoms with Crippen molar-refractivity contribution in [3.8, 4) is 5.75 Å². The smallest absolute Gasteiger partial charge is 0.347 e. The van der Waals surface area contributed by atoms with Gasteiger partial charge in [-0.3, -0.25) is 9.59 Å². The third-order valence-electron chi connectivity index (χ3n) is 8.03. The van der Waals surface area contributed by atoms with Crippen LogP contribution in [0.5, 0.6) is 5.75 Å². The monoisotopic (exact) mass is 668 g/mol. The normalized spacial score (nSPS) is 16.3. The quantitative estimate of drug-likeness (QED) is 0.141. The largest absolute Gasteiger partial charge is 0.495 e. The van der Waals surface area contributed by atoms with Crippen LogP contribution in [-0.2, 0) is 35.1 Å². The molecule has 10 nitrogen and oxygen atoms in total. The molecule has 0 aliphatic heterocycles. The summed E-state index contributed by atoms with van der Waals surface area (Å²) in [5.74, 6) is -2.80. The molecule has 2 aromatic rings. The minimum absolute atomic E-state index is 0.00157. The van der Waals surface area contributed by atoms with E-state index in [-0.39, 0.29) is 37.6 Å². The van der Waals surface area contributed by atoms with Gasteiger partial charge >= 0.3 is 17.9 Å². The minimum atomic E-state index is -1.22. The van der Waals surface area contributed by atoms with Gasteiger partial charge in [-0.15, -0.1) is 0 Å². The maximum Gasteiger partial charge on any atom is 0.347 e. The van der Waals surface area contributed by atoms with Crippen LogP contribution in [0.15, 0.2) is 66.8 Å². The van der Waals surface area contributed by atoms with Gasteiger partial charge < -0.3 is 30.4 Å². The van der Waals surface area contributed by atoms with Gasteiger partial charge in [0.1, 0.15) is 17.9 Å². The first-order chi connectivity index (χ1) is 22.4. The van der Waals surface area contributed by atoms with E-state index in [9.17, 15) is 24.3 Å². The third-order valence-corrected chi connectivity index (χ3v) is 8.32. The molecule has 47 heavy (non-hydrogen) atoms. The number of amides is 1. The van der Waals surface area contributed by atoms with Gasteiger partial charge in [-0.1, -0.05) is 87.0 Å². The summed E-state index contributed by atoms with van der Waals surface area (Å²) in [6, 6.07) is 13.3. The highest BCUT2D eigenvalue weighted by molar-refractivity contribution is 6.32. The zero-order chi connectivity index (χ0) is 34.6. The Morgan fingerprint density at radius 1 is 1.06 bits per heavy atom. The van der Waals surface area contributed by atoms with E-state index < -0.39 is 47.5 Å². The fourth-order valence-electron chi connectivity index (χ4n) is 4.87. The number of nitrogens with two attached hydrogens (primary N) is 1. The number of carbonyl (C=O) groups is 4. The number of carboxylic acid groups (broad SMARTS) is 1. The second kappa shape index (κ2) is 17.7. The van der Waals surface area contributed by atoms with Gasteiger partial charge in [0.2, 0.25) is 5.91 Å². The number of methoxy groups -OCH3 is 1. The van der Waals surface area contributed by atoms with Gasteiger partial charge in [0, 0.05) is 25.3 Å². The van der Waals surface area contributed by atoms with Gasteiger partial charge in [-0.25, -0.2) is 9.59 Å². The SMILES string of the molecule is COc1ccc(C[C@@H](NC(=O)C=CC[C@H](OC(=O)[C@H](CC(C)C)OC(=O)C2(CN)CC2)[C@H](C)C=Cc2ccccc2)C(=O)O)cc1Cl. The number of halogens is 1. The predicted octanol–water partition coefficient (Wildman–Crippen LogP) is 5.36. The summed E-state index contributed by atoms with van der Waals surface area (Å²) in [7, 11) is 1.48. The van der Waals surface area contributed by atoms with Crippen LogP contribution in [0.25, 0.3) is 6.08 Å². The van der Waals surface area contributed by atoms with Gasteiger partial charge in [0.15, 0.2) is 6.10 Å². The number of benzene rings is 2. The van der Waals surface area contributed by atoms with Crippen LogP contribution in [0, 0.1) is 17.3 Å². The first kappa shape index (κ1) is 37.3. The Hall–Kier alpha value is -4.15. The molecule has 0 unspecified atom stereocenters. The van der Waals surface area contributed by atoms with Crippen LogP contribution < -0.4 is 15.8 Å². The lowest BCUT2D eigenvalue weighted by Gasteiger charge is -2.26. The lowest BCUT2D eigenvalue weighted by molar-refractivity contribution is -0.176. The Morgan fingerprint density at radius 2 is 1.77 bits per heavy atom. The summed E-state index contributed by atoms with van der Waals surface area (Å²) in [5.41, 5.74) is 6.63. The Morgan fingerprint density at radius 3 is 2.34 bits per heavy atom. The van der Waals surface area contributed by atoms with E-state index in [0.29, 0.717) is 29.2 Å². The second-order valence-electron chi connectivity index (χ2n) is 12.3. The van der Waals surface area contributed by atoms with Crippen LogP contribution in [0.1, 0.15) is 57.6 Å². The predicted molar refractivity (Wildman–Crippen MR) is 180 cm³/mol. The van der Waals surface area contributed by atoms with Crippen molar-refractivity contribution in [1.29, 1.82) is 0 Å². The first-order valence-corrected chi connectivity index (χ1v) is 16.1. The lowest BCUT2D eigenvalue weighted by atomic mass is 9.99. The summed E-state index contributed by atoms with van der Waals surface area (Å²) < 4.78 is 16.7. The fourth-order valence-corrected chi connectivity index (χ4v) is 5.15. The summed E-state index contributed by atoms with van der Waals surface area (Å²) in [4.78, 5) is 51.0. The van der Waals surface area contributed by atoms with Crippen LogP contribution >= 0.6 is 11.6 Å².